The molecule has 1 saturated heterocycles. The Balaban J connectivity index is 1.94. The summed E-state index contributed by atoms with van der Waals surface area (Å²) in [6.45, 7) is 8.83. The largest absolute Gasteiger partial charge is 0.364 e. The number of hydrogen-bond donors (Lipinski definition) is 1. The number of hydrogen-bond acceptors (Lipinski definition) is 2. The fourth-order valence-electron chi connectivity index (χ4n) is 3.50. The van der Waals surface area contributed by atoms with Crippen molar-refractivity contribution in [3.05, 3.63) is 27.2 Å². The third-order valence-corrected chi connectivity index (χ3v) is 6.21. The Morgan fingerprint density at radius 3 is 2.76 bits per heavy atom. The number of rotatable bonds is 3. The van der Waals surface area contributed by atoms with Crippen molar-refractivity contribution in [2.75, 3.05) is 18.0 Å². The lowest BCUT2D eigenvalue weighted by molar-refractivity contribution is 0.252. The molecule has 2 atom stereocenters. The second-order valence-electron chi connectivity index (χ2n) is 6.82. The van der Waals surface area contributed by atoms with Crippen LogP contribution in [0.15, 0.2) is 16.6 Å². The van der Waals surface area contributed by atoms with Crippen LogP contribution in [0.1, 0.15) is 38.7 Å². The maximum atomic E-state index is 6.38. The van der Waals surface area contributed by atoms with E-state index in [2.05, 4.69) is 59.1 Å². The third-order valence-electron chi connectivity index (χ3n) is 5.17. The molecule has 2 unspecified atom stereocenters. The lowest BCUT2D eigenvalue weighted by Crippen LogP contribution is -2.64. The highest BCUT2D eigenvalue weighted by molar-refractivity contribution is 9.10. The van der Waals surface area contributed by atoms with Crippen LogP contribution < -0.4 is 10.2 Å². The van der Waals surface area contributed by atoms with E-state index in [1.54, 1.807) is 0 Å². The molecule has 0 amide bonds. The van der Waals surface area contributed by atoms with Crippen LogP contribution in [0.2, 0.25) is 5.02 Å². The average Bonchev–Trinajstić information content (AvgIpc) is 3.28. The summed E-state index contributed by atoms with van der Waals surface area (Å²) < 4.78 is 1.16. The number of anilines is 1. The second kappa shape index (κ2) is 5.75. The molecular formula is C17H24BrClN2. The lowest BCUT2D eigenvalue weighted by Gasteiger charge is -2.48. The van der Waals surface area contributed by atoms with Gasteiger partial charge in [0, 0.05) is 34.2 Å². The first-order valence-electron chi connectivity index (χ1n) is 7.92. The normalized spacial score (nSPS) is 29.8. The average molecular weight is 372 g/mol. The summed E-state index contributed by atoms with van der Waals surface area (Å²) in [6.07, 6.45) is 3.87. The van der Waals surface area contributed by atoms with Crippen LogP contribution in [0.3, 0.4) is 0 Å². The first kappa shape index (κ1) is 15.6. The van der Waals surface area contributed by atoms with Gasteiger partial charge in [0.15, 0.2) is 0 Å². The Labute approximate surface area is 141 Å². The van der Waals surface area contributed by atoms with Gasteiger partial charge in [-0.3, -0.25) is 0 Å². The highest BCUT2D eigenvalue weighted by Crippen LogP contribution is 2.43. The standard InChI is InChI=1S/C17H24BrClN2/c1-4-13-9-20-17(3,12-5-6-12)10-21(13)16-8-15(19)11(2)7-14(16)18/h7-8,12-13,20H,4-6,9-10H2,1-3H3. The zero-order valence-corrected chi connectivity index (χ0v) is 15.4. The number of halogens is 2. The van der Waals surface area contributed by atoms with Gasteiger partial charge in [-0.1, -0.05) is 18.5 Å². The third kappa shape index (κ3) is 2.97. The van der Waals surface area contributed by atoms with Crippen LogP contribution in [0, 0.1) is 12.8 Å². The van der Waals surface area contributed by atoms with Gasteiger partial charge < -0.3 is 10.2 Å². The first-order valence-corrected chi connectivity index (χ1v) is 9.09. The molecule has 1 aromatic carbocycles. The Bertz CT molecular complexity index is 544. The van der Waals surface area contributed by atoms with Crippen molar-refractivity contribution in [3.63, 3.8) is 0 Å². The predicted molar refractivity (Wildman–Crippen MR) is 94.4 cm³/mol. The Kier molecular flexibility index (Phi) is 4.28. The van der Waals surface area contributed by atoms with Crippen LogP contribution in [-0.4, -0.2) is 24.7 Å². The number of aryl methyl sites for hydroxylation is 1. The van der Waals surface area contributed by atoms with E-state index in [1.807, 2.05) is 0 Å². The molecular weight excluding hydrogens is 348 g/mol. The molecule has 0 radical (unpaired) electrons. The Hall–Kier alpha value is -0.250. The SMILES string of the molecule is CCC1CNC(C)(C2CC2)CN1c1cc(Cl)c(C)cc1Br. The van der Waals surface area contributed by atoms with Crippen molar-refractivity contribution < 1.29 is 0 Å². The first-order chi connectivity index (χ1) is 9.94. The van der Waals surface area contributed by atoms with E-state index in [1.165, 1.54) is 18.5 Å². The second-order valence-corrected chi connectivity index (χ2v) is 8.08. The van der Waals surface area contributed by atoms with Crippen molar-refractivity contribution in [2.24, 2.45) is 5.92 Å². The smallest absolute Gasteiger partial charge is 0.0529 e. The maximum absolute atomic E-state index is 6.38. The molecule has 3 rings (SSSR count). The molecule has 2 nitrogen and oxygen atoms in total. The zero-order valence-electron chi connectivity index (χ0n) is 13.0. The van der Waals surface area contributed by atoms with Crippen LogP contribution in [0.4, 0.5) is 5.69 Å². The molecule has 1 N–H and O–H groups in total. The Morgan fingerprint density at radius 1 is 1.43 bits per heavy atom. The summed E-state index contributed by atoms with van der Waals surface area (Å²) in [5, 5.41) is 4.67. The van der Waals surface area contributed by atoms with E-state index >= 15 is 0 Å². The molecule has 4 heteroatoms. The highest BCUT2D eigenvalue weighted by atomic mass is 79.9. The fourth-order valence-corrected chi connectivity index (χ4v) is 4.34. The summed E-state index contributed by atoms with van der Waals surface area (Å²) in [4.78, 5) is 2.56. The molecule has 2 fully saturated rings. The lowest BCUT2D eigenvalue weighted by atomic mass is 9.90. The van der Waals surface area contributed by atoms with E-state index in [0.717, 1.165) is 40.5 Å². The molecule has 0 aromatic heterocycles. The van der Waals surface area contributed by atoms with Gasteiger partial charge in [0.2, 0.25) is 0 Å². The van der Waals surface area contributed by atoms with E-state index < -0.39 is 0 Å². The van der Waals surface area contributed by atoms with E-state index in [-0.39, 0.29) is 5.54 Å². The van der Waals surface area contributed by atoms with Crippen LogP contribution in [-0.2, 0) is 0 Å². The van der Waals surface area contributed by atoms with Crippen LogP contribution in [0.25, 0.3) is 0 Å². The molecule has 1 aliphatic heterocycles. The van der Waals surface area contributed by atoms with Gasteiger partial charge in [-0.25, -0.2) is 0 Å². The van der Waals surface area contributed by atoms with Gasteiger partial charge in [-0.15, -0.1) is 0 Å². The number of nitrogens with zero attached hydrogens (tertiary/aromatic N) is 1. The molecule has 1 saturated carbocycles. The van der Waals surface area contributed by atoms with Crippen molar-refractivity contribution >= 4 is 33.2 Å². The molecule has 2 aliphatic rings. The number of piperazine rings is 1. The summed E-state index contributed by atoms with van der Waals surface area (Å²) >= 11 is 10.1. The topological polar surface area (TPSA) is 15.3 Å². The quantitative estimate of drug-likeness (QED) is 0.823. The predicted octanol–water partition coefficient (Wildman–Crippen LogP) is 4.77. The minimum absolute atomic E-state index is 0.239. The zero-order chi connectivity index (χ0) is 15.2. The minimum atomic E-state index is 0.239. The number of nitrogens with one attached hydrogen (secondary N) is 1. The molecule has 1 heterocycles. The van der Waals surface area contributed by atoms with Crippen molar-refractivity contribution in [2.45, 2.75) is 51.6 Å². The summed E-state index contributed by atoms with van der Waals surface area (Å²) in [6, 6.07) is 4.80. The minimum Gasteiger partial charge on any atom is -0.364 e. The monoisotopic (exact) mass is 370 g/mol. The van der Waals surface area contributed by atoms with E-state index in [0.29, 0.717) is 6.04 Å². The molecule has 1 aromatic rings. The van der Waals surface area contributed by atoms with E-state index in [4.69, 9.17) is 11.6 Å². The Morgan fingerprint density at radius 2 is 2.14 bits per heavy atom. The fraction of sp³-hybridized carbons (Fsp3) is 0.647. The van der Waals surface area contributed by atoms with Crippen molar-refractivity contribution in [3.8, 4) is 0 Å². The molecule has 21 heavy (non-hydrogen) atoms. The summed E-state index contributed by atoms with van der Waals surface area (Å²) in [5.41, 5.74) is 2.61. The van der Waals surface area contributed by atoms with Gasteiger partial charge in [0.1, 0.15) is 0 Å². The molecule has 1 aliphatic carbocycles. The van der Waals surface area contributed by atoms with Gasteiger partial charge in [-0.05, 0) is 72.7 Å². The molecule has 0 bridgehead atoms. The van der Waals surface area contributed by atoms with Gasteiger partial charge in [-0.2, -0.15) is 0 Å². The number of benzene rings is 1. The van der Waals surface area contributed by atoms with Gasteiger partial charge in [0.05, 0.1) is 5.69 Å². The molecule has 0 spiro atoms. The van der Waals surface area contributed by atoms with Gasteiger partial charge in [0.25, 0.3) is 0 Å². The summed E-state index contributed by atoms with van der Waals surface area (Å²) in [7, 11) is 0. The van der Waals surface area contributed by atoms with Crippen molar-refractivity contribution in [1.82, 2.24) is 5.32 Å². The molecule has 116 valence electrons. The maximum Gasteiger partial charge on any atom is 0.0529 e. The van der Waals surface area contributed by atoms with Gasteiger partial charge >= 0.3 is 0 Å². The van der Waals surface area contributed by atoms with Crippen LogP contribution in [0.5, 0.6) is 0 Å². The van der Waals surface area contributed by atoms with E-state index in [9.17, 15) is 0 Å². The summed E-state index contributed by atoms with van der Waals surface area (Å²) in [5.74, 6) is 0.831. The highest BCUT2D eigenvalue weighted by Gasteiger charge is 2.46. The van der Waals surface area contributed by atoms with Crippen molar-refractivity contribution in [1.29, 1.82) is 0 Å². The van der Waals surface area contributed by atoms with Crippen LogP contribution >= 0.6 is 27.5 Å².